The van der Waals surface area contributed by atoms with Crippen LogP contribution in [0, 0.1) is 0 Å². The number of benzene rings is 12. The zero-order valence-corrected chi connectivity index (χ0v) is 40.7. The second kappa shape index (κ2) is 19.7. The summed E-state index contributed by atoms with van der Waals surface area (Å²) in [4.78, 5) is 4.65. The maximum atomic E-state index is 4.65. The first-order valence-electron chi connectivity index (χ1n) is 25.0. The molecule has 0 fully saturated rings. The minimum Gasteiger partial charge on any atom is -0.310 e. The molecule has 0 unspecified atom stereocenters. The Labute approximate surface area is 428 Å². The molecule has 0 aliphatic rings. The Bertz CT molecular complexity index is 4000. The molecular weight excluding hydrogens is 881 g/mol. The summed E-state index contributed by atoms with van der Waals surface area (Å²) < 4.78 is 0. The zero-order valence-electron chi connectivity index (χ0n) is 40.7. The van der Waals surface area contributed by atoms with Crippen molar-refractivity contribution in [2.24, 2.45) is 0 Å². The standard InChI is InChI=1S/C71H52N2/c1-3-51(31-30-50(2)72(61-20-6-4-7-21-61)70-48-59-18-10-12-24-64(59)66-26-14-16-28-68(66)70)52-32-34-53(35-33-52)54-36-38-55(39-37-54)56-40-42-57(43-41-56)58-44-46-63(47-45-58)73(62-22-8-5-9-23-62)71-49-60-19-11-13-25-65(60)67-27-15-17-29-69(67)71/h3-49H,2H2,1H3/b31-30-,51-3+. The van der Waals surface area contributed by atoms with Crippen LogP contribution >= 0.6 is 0 Å². The first-order chi connectivity index (χ1) is 36.1. The van der Waals surface area contributed by atoms with E-state index in [0.717, 1.165) is 45.3 Å². The molecule has 0 saturated heterocycles. The number of fused-ring (bicyclic) bond motifs is 6. The third kappa shape index (κ3) is 8.77. The summed E-state index contributed by atoms with van der Waals surface area (Å²) in [5.41, 5.74) is 15.8. The summed E-state index contributed by atoms with van der Waals surface area (Å²) >= 11 is 0. The second-order valence-electron chi connectivity index (χ2n) is 18.5. The molecule has 0 atom stereocenters. The van der Waals surface area contributed by atoms with Crippen molar-refractivity contribution >= 4 is 77.1 Å². The zero-order chi connectivity index (χ0) is 49.1. The molecule has 0 bridgehead atoms. The lowest BCUT2D eigenvalue weighted by Crippen LogP contribution is -2.14. The molecule has 0 amide bonds. The van der Waals surface area contributed by atoms with Crippen molar-refractivity contribution in [2.75, 3.05) is 9.80 Å². The van der Waals surface area contributed by atoms with Crippen LogP contribution in [0.1, 0.15) is 12.5 Å². The highest BCUT2D eigenvalue weighted by molar-refractivity contribution is 6.15. The molecule has 0 saturated carbocycles. The van der Waals surface area contributed by atoms with Crippen LogP contribution in [-0.2, 0) is 0 Å². The van der Waals surface area contributed by atoms with Crippen molar-refractivity contribution in [3.05, 3.63) is 303 Å². The lowest BCUT2D eigenvalue weighted by atomic mass is 9.96. The van der Waals surface area contributed by atoms with Crippen molar-refractivity contribution in [1.82, 2.24) is 0 Å². The van der Waals surface area contributed by atoms with Gasteiger partial charge in [-0.3, -0.25) is 0 Å². The molecule has 12 aromatic rings. The van der Waals surface area contributed by atoms with Crippen LogP contribution in [0.25, 0.3) is 82.0 Å². The molecule has 12 rings (SSSR count). The van der Waals surface area contributed by atoms with Crippen molar-refractivity contribution in [3.8, 4) is 33.4 Å². The minimum absolute atomic E-state index is 0.879. The molecule has 0 aliphatic heterocycles. The molecule has 2 nitrogen and oxygen atoms in total. The SMILES string of the molecule is C=C(/C=C\C(=C/C)c1ccc(-c2ccc(-c3ccc(-c4ccc(N(c5ccccc5)c5cc6ccccc6c6ccccc56)cc4)cc3)cc2)cc1)N(c1ccccc1)c1cc2ccccc2c2ccccc12. The van der Waals surface area contributed by atoms with Gasteiger partial charge in [-0.1, -0.05) is 237 Å². The average Bonchev–Trinajstić information content (AvgIpc) is 3.46. The molecule has 2 heteroatoms. The highest BCUT2D eigenvalue weighted by Crippen LogP contribution is 2.43. The van der Waals surface area contributed by atoms with E-state index in [1.165, 1.54) is 76.5 Å². The topological polar surface area (TPSA) is 6.48 Å². The van der Waals surface area contributed by atoms with E-state index in [0.29, 0.717) is 0 Å². The van der Waals surface area contributed by atoms with E-state index >= 15 is 0 Å². The van der Waals surface area contributed by atoms with Gasteiger partial charge in [0, 0.05) is 33.5 Å². The fourth-order valence-electron chi connectivity index (χ4n) is 10.5. The van der Waals surface area contributed by atoms with Crippen molar-refractivity contribution in [1.29, 1.82) is 0 Å². The van der Waals surface area contributed by atoms with Gasteiger partial charge < -0.3 is 9.80 Å². The first-order valence-corrected chi connectivity index (χ1v) is 25.0. The monoisotopic (exact) mass is 932 g/mol. The van der Waals surface area contributed by atoms with Gasteiger partial charge in [-0.2, -0.15) is 0 Å². The average molecular weight is 933 g/mol. The van der Waals surface area contributed by atoms with Crippen LogP contribution in [0.5, 0.6) is 0 Å². The molecular formula is C71H52N2. The smallest absolute Gasteiger partial charge is 0.0546 e. The van der Waals surface area contributed by atoms with Gasteiger partial charge in [-0.05, 0) is 138 Å². The van der Waals surface area contributed by atoms with E-state index < -0.39 is 0 Å². The predicted octanol–water partition coefficient (Wildman–Crippen LogP) is 20.1. The van der Waals surface area contributed by atoms with Gasteiger partial charge in [0.05, 0.1) is 11.4 Å². The summed E-state index contributed by atoms with van der Waals surface area (Å²) in [7, 11) is 0. The fourth-order valence-corrected chi connectivity index (χ4v) is 10.5. The Morgan fingerprint density at radius 1 is 0.329 bits per heavy atom. The maximum Gasteiger partial charge on any atom is 0.0546 e. The number of nitrogens with zero attached hydrogens (tertiary/aromatic N) is 2. The number of allylic oxidation sites excluding steroid dienone is 4. The number of hydrogen-bond donors (Lipinski definition) is 0. The lowest BCUT2D eigenvalue weighted by Gasteiger charge is -2.27. The summed E-state index contributed by atoms with van der Waals surface area (Å²) in [6.45, 7) is 6.74. The van der Waals surface area contributed by atoms with Gasteiger partial charge in [0.2, 0.25) is 0 Å². The highest BCUT2D eigenvalue weighted by atomic mass is 15.1. The summed E-state index contributed by atoms with van der Waals surface area (Å²) in [6, 6.07) is 96.2. The Morgan fingerprint density at radius 2 is 0.685 bits per heavy atom. The van der Waals surface area contributed by atoms with Crippen LogP contribution in [0.4, 0.5) is 28.4 Å². The predicted molar refractivity (Wildman–Crippen MR) is 314 cm³/mol. The van der Waals surface area contributed by atoms with Gasteiger partial charge in [-0.25, -0.2) is 0 Å². The number of hydrogen-bond acceptors (Lipinski definition) is 2. The van der Waals surface area contributed by atoms with E-state index in [-0.39, 0.29) is 0 Å². The van der Waals surface area contributed by atoms with E-state index in [4.69, 9.17) is 0 Å². The van der Waals surface area contributed by atoms with E-state index in [9.17, 15) is 0 Å². The molecule has 0 aliphatic carbocycles. The Kier molecular flexibility index (Phi) is 12.1. The van der Waals surface area contributed by atoms with Crippen LogP contribution < -0.4 is 9.80 Å². The Morgan fingerprint density at radius 3 is 1.16 bits per heavy atom. The fraction of sp³-hybridized carbons (Fsp3) is 0.0141. The summed E-state index contributed by atoms with van der Waals surface area (Å²) in [5, 5.41) is 9.82. The minimum atomic E-state index is 0.879. The third-order valence-corrected chi connectivity index (χ3v) is 14.2. The third-order valence-electron chi connectivity index (χ3n) is 14.2. The van der Waals surface area contributed by atoms with E-state index in [1.54, 1.807) is 0 Å². The number of anilines is 5. The lowest BCUT2D eigenvalue weighted by molar-refractivity contribution is 1.23. The van der Waals surface area contributed by atoms with Crippen LogP contribution in [0.15, 0.2) is 297 Å². The quantitative estimate of drug-likeness (QED) is 0.0890. The molecule has 0 heterocycles. The number of rotatable bonds is 12. The highest BCUT2D eigenvalue weighted by Gasteiger charge is 2.19. The van der Waals surface area contributed by atoms with Crippen LogP contribution in [-0.4, -0.2) is 0 Å². The summed E-state index contributed by atoms with van der Waals surface area (Å²) in [5.74, 6) is 0. The first kappa shape index (κ1) is 44.7. The van der Waals surface area contributed by atoms with Gasteiger partial charge in [0.15, 0.2) is 0 Å². The Hall–Kier alpha value is -9.50. The van der Waals surface area contributed by atoms with E-state index in [1.807, 2.05) is 0 Å². The van der Waals surface area contributed by atoms with Gasteiger partial charge in [-0.15, -0.1) is 0 Å². The molecule has 0 N–H and O–H groups in total. The Balaban J connectivity index is 0.753. The second-order valence-corrected chi connectivity index (χ2v) is 18.5. The molecule has 346 valence electrons. The van der Waals surface area contributed by atoms with Crippen LogP contribution in [0.2, 0.25) is 0 Å². The molecule has 12 aromatic carbocycles. The number of para-hydroxylation sites is 2. The molecule has 0 spiro atoms. The summed E-state index contributed by atoms with van der Waals surface area (Å²) in [6.07, 6.45) is 6.48. The maximum absolute atomic E-state index is 4.65. The van der Waals surface area contributed by atoms with Gasteiger partial charge in [0.25, 0.3) is 0 Å². The molecule has 0 aromatic heterocycles. The van der Waals surface area contributed by atoms with Gasteiger partial charge in [0.1, 0.15) is 0 Å². The van der Waals surface area contributed by atoms with Crippen molar-refractivity contribution in [3.63, 3.8) is 0 Å². The normalized spacial score (nSPS) is 11.7. The molecule has 73 heavy (non-hydrogen) atoms. The van der Waals surface area contributed by atoms with E-state index in [2.05, 4.69) is 308 Å². The van der Waals surface area contributed by atoms with Crippen molar-refractivity contribution < 1.29 is 0 Å². The van der Waals surface area contributed by atoms with Gasteiger partial charge >= 0.3 is 0 Å². The molecule has 0 radical (unpaired) electrons. The van der Waals surface area contributed by atoms with Crippen molar-refractivity contribution in [2.45, 2.75) is 6.92 Å². The van der Waals surface area contributed by atoms with Crippen LogP contribution in [0.3, 0.4) is 0 Å². The largest absolute Gasteiger partial charge is 0.310 e.